The first kappa shape index (κ1) is 24.1. The number of hydrogen-bond donors (Lipinski definition) is 4. The number of aliphatic hydroxyl groups is 1. The maximum Gasteiger partial charge on any atom is 0.488 e. The van der Waals surface area contributed by atoms with Crippen molar-refractivity contribution in [3.63, 3.8) is 0 Å². The van der Waals surface area contributed by atoms with Crippen LogP contribution in [0, 0.1) is 23.2 Å². The van der Waals surface area contributed by atoms with Crippen LogP contribution in [0.15, 0.2) is 42.5 Å². The molecule has 176 valence electrons. The van der Waals surface area contributed by atoms with E-state index in [2.05, 4.69) is 24.8 Å². The summed E-state index contributed by atoms with van der Waals surface area (Å²) >= 11 is 0. The highest BCUT2D eigenvalue weighted by Crippen LogP contribution is 2.62. The molecule has 33 heavy (non-hydrogen) atoms. The molecule has 2 aromatic rings. The Morgan fingerprint density at radius 2 is 1.94 bits per heavy atom. The van der Waals surface area contributed by atoms with Crippen LogP contribution in [0.3, 0.4) is 0 Å². The van der Waals surface area contributed by atoms with Gasteiger partial charge in [0.15, 0.2) is 0 Å². The summed E-state index contributed by atoms with van der Waals surface area (Å²) in [5.41, 5.74) is 9.50. The summed E-state index contributed by atoms with van der Waals surface area (Å²) in [6.45, 7) is 2.29. The van der Waals surface area contributed by atoms with E-state index in [9.17, 15) is 19.9 Å². The summed E-state index contributed by atoms with van der Waals surface area (Å²) in [7, 11) is 0.0844. The topological polar surface area (TPSA) is 104 Å². The Hall–Kier alpha value is -1.99. The molecule has 0 radical (unpaired) electrons. The number of fused-ring (bicyclic) bond motifs is 5. The van der Waals surface area contributed by atoms with Gasteiger partial charge in [-0.2, -0.15) is 0 Å². The van der Waals surface area contributed by atoms with E-state index in [-0.39, 0.29) is 17.4 Å². The van der Waals surface area contributed by atoms with Gasteiger partial charge in [0.25, 0.3) is 0 Å². The molecule has 6 heteroatoms. The van der Waals surface area contributed by atoms with E-state index < -0.39 is 7.12 Å². The zero-order valence-corrected chi connectivity index (χ0v) is 19.7. The van der Waals surface area contributed by atoms with Gasteiger partial charge in [0.1, 0.15) is 6.29 Å². The molecular weight excluding hydrogens is 413 g/mol. The number of aryl methyl sites for hydroxylation is 1. The van der Waals surface area contributed by atoms with E-state index in [0.717, 1.165) is 50.4 Å². The van der Waals surface area contributed by atoms with Gasteiger partial charge >= 0.3 is 7.12 Å². The molecule has 5 N–H and O–H groups in total. The Kier molecular flexibility index (Phi) is 7.11. The number of benzene rings is 2. The van der Waals surface area contributed by atoms with Crippen molar-refractivity contribution in [3.8, 4) is 0 Å². The molecule has 2 fully saturated rings. The minimum atomic E-state index is -1.42. The van der Waals surface area contributed by atoms with Crippen LogP contribution in [-0.4, -0.2) is 41.7 Å². The van der Waals surface area contributed by atoms with Crippen molar-refractivity contribution in [3.05, 3.63) is 64.7 Å². The van der Waals surface area contributed by atoms with Gasteiger partial charge in [-0.05, 0) is 103 Å². The number of rotatable bonds is 4. The van der Waals surface area contributed by atoms with Crippen LogP contribution >= 0.6 is 0 Å². The number of aldehydes is 1. The van der Waals surface area contributed by atoms with E-state index in [1.165, 1.54) is 18.2 Å². The number of carbonyl (C=O) groups is 1. The molecule has 0 heterocycles. The predicted molar refractivity (Wildman–Crippen MR) is 131 cm³/mol. The van der Waals surface area contributed by atoms with E-state index in [1.54, 1.807) is 0 Å². The van der Waals surface area contributed by atoms with Gasteiger partial charge in [0, 0.05) is 5.56 Å². The number of aliphatic hydroxyl groups excluding tert-OH is 1. The lowest BCUT2D eigenvalue weighted by molar-refractivity contribution is -0.0325. The molecule has 0 aliphatic heterocycles. The minimum absolute atomic E-state index is 0.0488. The molecule has 3 aliphatic carbocycles. The largest absolute Gasteiger partial charge is 0.488 e. The summed E-state index contributed by atoms with van der Waals surface area (Å²) in [5, 5.41) is 30.5. The number of hydrogen-bond acceptors (Lipinski definition) is 5. The van der Waals surface area contributed by atoms with Gasteiger partial charge in [0.2, 0.25) is 0 Å². The average Bonchev–Trinajstić information content (AvgIpc) is 3.10. The molecule has 2 saturated carbocycles. The average molecular weight is 449 g/mol. The maximum atomic E-state index is 11.4. The maximum absolute atomic E-state index is 11.4. The summed E-state index contributed by atoms with van der Waals surface area (Å²) in [6.07, 6.45) is 6.60. The second-order valence-corrected chi connectivity index (χ2v) is 10.3. The first-order chi connectivity index (χ1) is 15.9. The van der Waals surface area contributed by atoms with Gasteiger partial charge in [-0.15, -0.1) is 0 Å². The highest BCUT2D eigenvalue weighted by atomic mass is 16.4. The number of carbonyl (C=O) groups excluding carboxylic acids is 1. The quantitative estimate of drug-likeness (QED) is 0.424. The smallest absolute Gasteiger partial charge is 0.423 e. The fourth-order valence-electron chi connectivity index (χ4n) is 7.21. The van der Waals surface area contributed by atoms with Gasteiger partial charge in [-0.25, -0.2) is 0 Å². The Morgan fingerprint density at radius 3 is 2.67 bits per heavy atom. The molecule has 0 bridgehead atoms. The summed E-state index contributed by atoms with van der Waals surface area (Å²) in [5.74, 6) is 1.79. The van der Waals surface area contributed by atoms with Crippen molar-refractivity contribution in [2.75, 3.05) is 7.05 Å². The lowest BCUT2D eigenvalue weighted by Gasteiger charge is -2.50. The van der Waals surface area contributed by atoms with Crippen molar-refractivity contribution in [1.82, 2.24) is 0 Å². The Labute approximate surface area is 197 Å². The molecule has 5 nitrogen and oxygen atoms in total. The second-order valence-electron chi connectivity index (χ2n) is 10.3. The van der Waals surface area contributed by atoms with Crippen LogP contribution in [0.5, 0.6) is 0 Å². The summed E-state index contributed by atoms with van der Waals surface area (Å²) < 4.78 is 0. The van der Waals surface area contributed by atoms with Crippen LogP contribution in [-0.2, 0) is 12.8 Å². The van der Waals surface area contributed by atoms with E-state index in [1.807, 2.05) is 30.3 Å². The SMILES string of the molecule is CC12CCC3c4ccc(B(O)O)cc4CCC3C1CC(Cc1cccc(C=O)c1)C2O.CN. The Bertz CT molecular complexity index is 996. The fourth-order valence-corrected chi connectivity index (χ4v) is 7.21. The van der Waals surface area contributed by atoms with Crippen molar-refractivity contribution < 1.29 is 19.9 Å². The third kappa shape index (κ3) is 4.30. The third-order valence-electron chi connectivity index (χ3n) is 8.75. The monoisotopic (exact) mass is 449 g/mol. The van der Waals surface area contributed by atoms with E-state index in [4.69, 9.17) is 0 Å². The van der Waals surface area contributed by atoms with Crippen LogP contribution in [0.2, 0.25) is 0 Å². The lowest BCUT2D eigenvalue weighted by atomic mass is 9.55. The zero-order chi connectivity index (χ0) is 23.8. The number of nitrogens with two attached hydrogens (primary N) is 1. The van der Waals surface area contributed by atoms with Crippen molar-refractivity contribution in [2.45, 2.75) is 57.5 Å². The molecule has 0 saturated heterocycles. The normalized spacial score (nSPS) is 32.0. The summed E-state index contributed by atoms with van der Waals surface area (Å²) in [6, 6.07) is 13.7. The standard InChI is InChI=1S/C26H31BO4.CH5N/c1-26-10-9-22-21-8-6-20(27(30)31)13-18(21)5-7-23(22)24(26)14-19(25(26)29)12-16-3-2-4-17(11-16)15-28;1-2/h2-4,6,8,11,13,15,19,22-25,29-31H,5,7,9-10,12,14H2,1H3;2H2,1H3. The first-order valence-corrected chi connectivity index (χ1v) is 12.2. The molecule has 0 spiro atoms. The molecular formula is C27H36BNO4. The van der Waals surface area contributed by atoms with Crippen LogP contribution in [0.25, 0.3) is 0 Å². The van der Waals surface area contributed by atoms with Gasteiger partial charge in [-0.1, -0.05) is 43.3 Å². The molecule has 0 aromatic heterocycles. The van der Waals surface area contributed by atoms with E-state index >= 15 is 0 Å². The Balaban J connectivity index is 0.00000126. The second kappa shape index (κ2) is 9.71. The molecule has 6 unspecified atom stereocenters. The molecule has 0 amide bonds. The van der Waals surface area contributed by atoms with E-state index in [0.29, 0.717) is 28.8 Å². The molecule has 5 rings (SSSR count). The first-order valence-electron chi connectivity index (χ1n) is 12.2. The molecule has 6 atom stereocenters. The molecule has 2 aromatic carbocycles. The van der Waals surface area contributed by atoms with Gasteiger partial charge < -0.3 is 20.9 Å². The zero-order valence-electron chi connectivity index (χ0n) is 19.7. The lowest BCUT2D eigenvalue weighted by Crippen LogP contribution is -2.44. The van der Waals surface area contributed by atoms with Gasteiger partial charge in [-0.3, -0.25) is 4.79 Å². The molecule has 3 aliphatic rings. The van der Waals surface area contributed by atoms with Crippen LogP contribution < -0.4 is 11.2 Å². The predicted octanol–water partition coefficient (Wildman–Crippen LogP) is 2.44. The fraction of sp³-hybridized carbons (Fsp3) is 0.519. The Morgan fingerprint density at radius 1 is 1.15 bits per heavy atom. The van der Waals surface area contributed by atoms with Crippen LogP contribution in [0.4, 0.5) is 0 Å². The highest BCUT2D eigenvalue weighted by Gasteiger charge is 2.57. The summed E-state index contributed by atoms with van der Waals surface area (Å²) in [4.78, 5) is 11.2. The van der Waals surface area contributed by atoms with Crippen molar-refractivity contribution in [2.24, 2.45) is 28.9 Å². The van der Waals surface area contributed by atoms with Crippen molar-refractivity contribution in [1.29, 1.82) is 0 Å². The minimum Gasteiger partial charge on any atom is -0.423 e. The van der Waals surface area contributed by atoms with Crippen molar-refractivity contribution >= 4 is 18.9 Å². The third-order valence-corrected chi connectivity index (χ3v) is 8.75. The van der Waals surface area contributed by atoms with Gasteiger partial charge in [0.05, 0.1) is 6.10 Å². The highest BCUT2D eigenvalue weighted by molar-refractivity contribution is 6.58. The van der Waals surface area contributed by atoms with Crippen LogP contribution in [0.1, 0.15) is 65.6 Å².